The standard InChI is InChI=1S/C14H12N2O4/c1-2-4-10-9-11(16(19)20)6-7-12(10)15-8-3-5-13(17)14(15)18/h2-9,17H,1H3. The van der Waals surface area contributed by atoms with Crippen LogP contribution in [0.5, 0.6) is 5.75 Å². The van der Waals surface area contributed by atoms with Crippen LogP contribution in [-0.4, -0.2) is 14.6 Å². The van der Waals surface area contributed by atoms with E-state index >= 15 is 0 Å². The third-order valence-corrected chi connectivity index (χ3v) is 2.75. The van der Waals surface area contributed by atoms with E-state index in [1.165, 1.54) is 41.1 Å². The molecule has 20 heavy (non-hydrogen) atoms. The van der Waals surface area contributed by atoms with E-state index in [2.05, 4.69) is 0 Å². The molecule has 1 aromatic heterocycles. The Labute approximate surface area is 114 Å². The molecule has 1 N–H and O–H groups in total. The zero-order chi connectivity index (χ0) is 14.7. The molecule has 0 amide bonds. The summed E-state index contributed by atoms with van der Waals surface area (Å²) in [5.41, 5.74) is 0.353. The Bertz CT molecular complexity index is 747. The van der Waals surface area contributed by atoms with Gasteiger partial charge in [0, 0.05) is 23.9 Å². The lowest BCUT2D eigenvalue weighted by atomic mass is 10.1. The van der Waals surface area contributed by atoms with Gasteiger partial charge in [0.2, 0.25) is 0 Å². The number of rotatable bonds is 3. The Morgan fingerprint density at radius 3 is 2.75 bits per heavy atom. The van der Waals surface area contributed by atoms with Gasteiger partial charge in [0.25, 0.3) is 11.2 Å². The molecular formula is C14H12N2O4. The van der Waals surface area contributed by atoms with Crippen molar-refractivity contribution in [3.63, 3.8) is 0 Å². The Morgan fingerprint density at radius 1 is 1.35 bits per heavy atom. The molecule has 6 nitrogen and oxygen atoms in total. The second kappa shape index (κ2) is 5.40. The fraction of sp³-hybridized carbons (Fsp3) is 0.0714. The molecule has 2 rings (SSSR count). The molecule has 1 aromatic carbocycles. The average Bonchev–Trinajstić information content (AvgIpc) is 2.42. The molecule has 6 heteroatoms. The van der Waals surface area contributed by atoms with Crippen LogP contribution < -0.4 is 5.56 Å². The number of benzene rings is 1. The summed E-state index contributed by atoms with van der Waals surface area (Å²) in [7, 11) is 0. The van der Waals surface area contributed by atoms with Gasteiger partial charge < -0.3 is 5.11 Å². The Morgan fingerprint density at radius 2 is 2.10 bits per heavy atom. The van der Waals surface area contributed by atoms with E-state index in [0.717, 1.165) is 0 Å². The van der Waals surface area contributed by atoms with Crippen molar-refractivity contribution in [3.05, 3.63) is 68.6 Å². The predicted octanol–water partition coefficient (Wildman–Crippen LogP) is 2.48. The van der Waals surface area contributed by atoms with Crippen LogP contribution in [0.3, 0.4) is 0 Å². The maximum atomic E-state index is 11.9. The Kier molecular flexibility index (Phi) is 3.65. The lowest BCUT2D eigenvalue weighted by Gasteiger charge is -2.09. The molecule has 0 radical (unpaired) electrons. The van der Waals surface area contributed by atoms with Crippen molar-refractivity contribution in [2.24, 2.45) is 0 Å². The molecule has 0 saturated carbocycles. The number of nitro benzene ring substituents is 1. The predicted molar refractivity (Wildman–Crippen MR) is 75.1 cm³/mol. The summed E-state index contributed by atoms with van der Waals surface area (Å²) in [6, 6.07) is 7.00. The summed E-state index contributed by atoms with van der Waals surface area (Å²) >= 11 is 0. The lowest BCUT2D eigenvalue weighted by molar-refractivity contribution is -0.384. The summed E-state index contributed by atoms with van der Waals surface area (Å²) in [5, 5.41) is 20.3. The van der Waals surface area contributed by atoms with Crippen LogP contribution in [0.2, 0.25) is 0 Å². The number of nitrogens with zero attached hydrogens (tertiary/aromatic N) is 2. The largest absolute Gasteiger partial charge is 0.503 e. The highest BCUT2D eigenvalue weighted by atomic mass is 16.6. The number of aromatic nitrogens is 1. The summed E-state index contributed by atoms with van der Waals surface area (Å²) in [4.78, 5) is 22.2. The number of non-ortho nitro benzene ring substituents is 1. The van der Waals surface area contributed by atoms with E-state index in [4.69, 9.17) is 0 Å². The van der Waals surface area contributed by atoms with Crippen molar-refractivity contribution in [2.45, 2.75) is 6.92 Å². The van der Waals surface area contributed by atoms with Crippen molar-refractivity contribution in [1.29, 1.82) is 0 Å². The maximum Gasteiger partial charge on any atom is 0.297 e. The topological polar surface area (TPSA) is 85.4 Å². The first-order valence-corrected chi connectivity index (χ1v) is 5.86. The summed E-state index contributed by atoms with van der Waals surface area (Å²) in [6.07, 6.45) is 4.88. The van der Waals surface area contributed by atoms with Crippen molar-refractivity contribution in [3.8, 4) is 11.4 Å². The number of hydrogen-bond donors (Lipinski definition) is 1. The van der Waals surface area contributed by atoms with E-state index < -0.39 is 10.5 Å². The van der Waals surface area contributed by atoms with Gasteiger partial charge in [0.15, 0.2) is 5.75 Å². The van der Waals surface area contributed by atoms with Gasteiger partial charge in [-0.2, -0.15) is 0 Å². The first-order valence-electron chi connectivity index (χ1n) is 5.86. The number of aromatic hydroxyl groups is 1. The highest BCUT2D eigenvalue weighted by Crippen LogP contribution is 2.22. The lowest BCUT2D eigenvalue weighted by Crippen LogP contribution is -2.17. The molecular weight excluding hydrogens is 260 g/mol. The van der Waals surface area contributed by atoms with Gasteiger partial charge in [-0.05, 0) is 25.1 Å². The molecule has 0 unspecified atom stereocenters. The van der Waals surface area contributed by atoms with Gasteiger partial charge in [-0.25, -0.2) is 0 Å². The van der Waals surface area contributed by atoms with Crippen LogP contribution >= 0.6 is 0 Å². The molecule has 1 heterocycles. The van der Waals surface area contributed by atoms with Crippen LogP contribution in [-0.2, 0) is 0 Å². The van der Waals surface area contributed by atoms with E-state index in [0.29, 0.717) is 11.3 Å². The zero-order valence-electron chi connectivity index (χ0n) is 10.7. The first kappa shape index (κ1) is 13.5. The third-order valence-electron chi connectivity index (χ3n) is 2.75. The monoisotopic (exact) mass is 272 g/mol. The van der Waals surface area contributed by atoms with Crippen LogP contribution in [0.15, 0.2) is 47.4 Å². The quantitative estimate of drug-likeness (QED) is 0.687. The van der Waals surface area contributed by atoms with Crippen molar-refractivity contribution >= 4 is 11.8 Å². The SMILES string of the molecule is CC=Cc1cc([N+](=O)[O-])ccc1-n1cccc(O)c1=O. The fourth-order valence-corrected chi connectivity index (χ4v) is 1.86. The number of pyridine rings is 1. The molecule has 0 aliphatic heterocycles. The minimum atomic E-state index is -0.577. The molecule has 0 fully saturated rings. The van der Waals surface area contributed by atoms with Crippen LogP contribution in [0.25, 0.3) is 11.8 Å². The van der Waals surface area contributed by atoms with Gasteiger partial charge in [0.05, 0.1) is 10.6 Å². The molecule has 2 aromatic rings. The van der Waals surface area contributed by atoms with E-state index in [1.54, 1.807) is 19.1 Å². The van der Waals surface area contributed by atoms with Crippen molar-refractivity contribution < 1.29 is 10.0 Å². The van der Waals surface area contributed by atoms with Crippen molar-refractivity contribution in [2.75, 3.05) is 0 Å². The van der Waals surface area contributed by atoms with Gasteiger partial charge in [-0.15, -0.1) is 0 Å². The molecule has 0 atom stereocenters. The summed E-state index contributed by atoms with van der Waals surface area (Å²) in [6.45, 7) is 1.77. The zero-order valence-corrected chi connectivity index (χ0v) is 10.7. The number of hydrogen-bond acceptors (Lipinski definition) is 4. The first-order chi connectivity index (χ1) is 9.54. The Balaban J connectivity index is 2.70. The summed E-state index contributed by atoms with van der Waals surface area (Å²) in [5.74, 6) is -0.378. The minimum absolute atomic E-state index is 0.0601. The third kappa shape index (κ3) is 2.44. The highest BCUT2D eigenvalue weighted by Gasteiger charge is 2.12. The molecule has 0 bridgehead atoms. The van der Waals surface area contributed by atoms with E-state index in [-0.39, 0.29) is 11.4 Å². The second-order valence-electron chi connectivity index (χ2n) is 4.07. The van der Waals surface area contributed by atoms with Crippen LogP contribution in [0, 0.1) is 10.1 Å². The second-order valence-corrected chi connectivity index (χ2v) is 4.07. The minimum Gasteiger partial charge on any atom is -0.503 e. The molecule has 0 aliphatic carbocycles. The van der Waals surface area contributed by atoms with E-state index in [9.17, 15) is 20.0 Å². The fourth-order valence-electron chi connectivity index (χ4n) is 1.86. The normalized spacial score (nSPS) is 10.8. The highest BCUT2D eigenvalue weighted by molar-refractivity contribution is 5.64. The molecule has 0 spiro atoms. The van der Waals surface area contributed by atoms with Gasteiger partial charge >= 0.3 is 0 Å². The van der Waals surface area contributed by atoms with Crippen molar-refractivity contribution in [1.82, 2.24) is 4.57 Å². The average molecular weight is 272 g/mol. The number of allylic oxidation sites excluding steroid dienone is 1. The van der Waals surface area contributed by atoms with E-state index in [1.807, 2.05) is 0 Å². The Hall–Kier alpha value is -2.89. The van der Waals surface area contributed by atoms with Gasteiger partial charge in [0.1, 0.15) is 0 Å². The van der Waals surface area contributed by atoms with Crippen LogP contribution in [0.1, 0.15) is 12.5 Å². The number of nitro groups is 1. The molecule has 0 saturated heterocycles. The van der Waals surface area contributed by atoms with Gasteiger partial charge in [-0.3, -0.25) is 19.5 Å². The molecule has 0 aliphatic rings. The smallest absolute Gasteiger partial charge is 0.297 e. The van der Waals surface area contributed by atoms with Gasteiger partial charge in [-0.1, -0.05) is 12.2 Å². The maximum absolute atomic E-state index is 11.9. The molecule has 102 valence electrons. The van der Waals surface area contributed by atoms with Crippen LogP contribution in [0.4, 0.5) is 5.69 Å². The summed E-state index contributed by atoms with van der Waals surface area (Å²) < 4.78 is 1.24.